The standard InChI is InChI=1S/C14H19N3O2.C9H12O/c1-10(18)15-8-7-13-6-5-12-4-3-9-17(11(2)19)14(12)16-13;1-3-8-4-5-9(10)7(2)6-8/h5-6H,3-4,7-9H2,1-2H3,(H,15,18);4-6,10H,3H2,1-2H3. The minimum atomic E-state index is -0.0386. The van der Waals surface area contributed by atoms with Gasteiger partial charge in [-0.15, -0.1) is 0 Å². The number of fused-ring (bicyclic) bond motifs is 1. The molecular formula is C23H31N3O3. The highest BCUT2D eigenvalue weighted by Crippen LogP contribution is 2.25. The van der Waals surface area contributed by atoms with Crippen LogP contribution in [0.1, 0.15) is 49.6 Å². The molecular weight excluding hydrogens is 366 g/mol. The number of aromatic hydroxyl groups is 1. The summed E-state index contributed by atoms with van der Waals surface area (Å²) < 4.78 is 0. The predicted molar refractivity (Wildman–Crippen MR) is 115 cm³/mol. The van der Waals surface area contributed by atoms with Gasteiger partial charge in [-0.25, -0.2) is 4.98 Å². The minimum absolute atomic E-state index is 0.0347. The lowest BCUT2D eigenvalue weighted by Gasteiger charge is -2.27. The number of amides is 2. The number of aromatic nitrogens is 1. The van der Waals surface area contributed by atoms with E-state index >= 15 is 0 Å². The summed E-state index contributed by atoms with van der Waals surface area (Å²) in [5, 5.41) is 11.9. The Morgan fingerprint density at radius 3 is 2.59 bits per heavy atom. The number of hydrogen-bond acceptors (Lipinski definition) is 4. The highest BCUT2D eigenvalue weighted by molar-refractivity contribution is 5.91. The van der Waals surface area contributed by atoms with Crippen molar-refractivity contribution in [3.63, 3.8) is 0 Å². The van der Waals surface area contributed by atoms with Gasteiger partial charge in [-0.05, 0) is 55.0 Å². The van der Waals surface area contributed by atoms with Crippen molar-refractivity contribution in [3.8, 4) is 5.75 Å². The van der Waals surface area contributed by atoms with Crippen molar-refractivity contribution in [1.29, 1.82) is 0 Å². The molecule has 2 heterocycles. The van der Waals surface area contributed by atoms with E-state index in [0.717, 1.165) is 48.4 Å². The molecule has 29 heavy (non-hydrogen) atoms. The van der Waals surface area contributed by atoms with Crippen molar-refractivity contribution < 1.29 is 14.7 Å². The molecule has 6 nitrogen and oxygen atoms in total. The molecule has 0 bridgehead atoms. The van der Waals surface area contributed by atoms with E-state index in [-0.39, 0.29) is 11.8 Å². The fourth-order valence-corrected chi connectivity index (χ4v) is 3.23. The van der Waals surface area contributed by atoms with Crippen molar-refractivity contribution in [3.05, 3.63) is 52.7 Å². The van der Waals surface area contributed by atoms with Gasteiger partial charge in [-0.1, -0.05) is 25.1 Å². The molecule has 0 saturated heterocycles. The normalized spacial score (nSPS) is 12.5. The van der Waals surface area contributed by atoms with E-state index < -0.39 is 0 Å². The van der Waals surface area contributed by atoms with E-state index in [0.29, 0.717) is 18.7 Å². The Labute approximate surface area is 173 Å². The van der Waals surface area contributed by atoms with E-state index in [1.165, 1.54) is 12.5 Å². The minimum Gasteiger partial charge on any atom is -0.508 e. The predicted octanol–water partition coefficient (Wildman–Crippen LogP) is 3.32. The number of carbonyl (C=O) groups is 2. The number of pyridine rings is 1. The maximum Gasteiger partial charge on any atom is 0.225 e. The lowest BCUT2D eigenvalue weighted by atomic mass is 10.0. The van der Waals surface area contributed by atoms with Crippen LogP contribution in [0.4, 0.5) is 5.82 Å². The van der Waals surface area contributed by atoms with Crippen molar-refractivity contribution >= 4 is 17.6 Å². The van der Waals surface area contributed by atoms with Gasteiger partial charge in [-0.3, -0.25) is 14.5 Å². The Morgan fingerprint density at radius 2 is 1.97 bits per heavy atom. The molecule has 0 radical (unpaired) electrons. The van der Waals surface area contributed by atoms with E-state index in [1.54, 1.807) is 17.9 Å². The maximum absolute atomic E-state index is 11.6. The molecule has 1 aliphatic heterocycles. The van der Waals surface area contributed by atoms with Crippen LogP contribution in [0, 0.1) is 6.92 Å². The number of nitrogens with one attached hydrogen (secondary N) is 1. The zero-order chi connectivity index (χ0) is 21.4. The molecule has 6 heteroatoms. The molecule has 2 amide bonds. The summed E-state index contributed by atoms with van der Waals surface area (Å²) >= 11 is 0. The average Bonchev–Trinajstić information content (AvgIpc) is 2.69. The highest BCUT2D eigenvalue weighted by Gasteiger charge is 2.21. The van der Waals surface area contributed by atoms with Crippen molar-refractivity contribution in [2.24, 2.45) is 0 Å². The molecule has 0 unspecified atom stereocenters. The number of rotatable bonds is 4. The number of nitrogens with zero attached hydrogens (tertiary/aromatic N) is 2. The van der Waals surface area contributed by atoms with E-state index in [1.807, 2.05) is 31.2 Å². The molecule has 0 atom stereocenters. The summed E-state index contributed by atoms with van der Waals surface area (Å²) in [6.45, 7) is 8.39. The van der Waals surface area contributed by atoms with Crippen LogP contribution in [0.5, 0.6) is 5.75 Å². The third kappa shape index (κ3) is 6.59. The van der Waals surface area contributed by atoms with E-state index in [4.69, 9.17) is 5.11 Å². The van der Waals surface area contributed by atoms with Gasteiger partial charge in [0.2, 0.25) is 11.8 Å². The van der Waals surface area contributed by atoms with Crippen LogP contribution in [-0.2, 0) is 28.9 Å². The summed E-state index contributed by atoms with van der Waals surface area (Å²) in [4.78, 5) is 28.7. The molecule has 0 aliphatic carbocycles. The average molecular weight is 398 g/mol. The Kier molecular flexibility index (Phi) is 8.19. The van der Waals surface area contributed by atoms with Crippen LogP contribution in [0.3, 0.4) is 0 Å². The van der Waals surface area contributed by atoms with Crippen molar-refractivity contribution in [2.45, 2.75) is 53.4 Å². The smallest absolute Gasteiger partial charge is 0.225 e. The monoisotopic (exact) mass is 397 g/mol. The molecule has 2 aromatic rings. The number of hydrogen-bond donors (Lipinski definition) is 2. The topological polar surface area (TPSA) is 82.5 Å². The number of phenols is 1. The van der Waals surface area contributed by atoms with E-state index in [2.05, 4.69) is 17.2 Å². The van der Waals surface area contributed by atoms with Gasteiger partial charge in [0, 0.05) is 39.1 Å². The quantitative estimate of drug-likeness (QED) is 0.829. The molecule has 2 N–H and O–H groups in total. The van der Waals surface area contributed by atoms with Crippen LogP contribution in [0.2, 0.25) is 0 Å². The van der Waals surface area contributed by atoms with Gasteiger partial charge >= 0.3 is 0 Å². The molecule has 156 valence electrons. The number of carbonyl (C=O) groups excluding carboxylic acids is 2. The molecule has 3 rings (SSSR count). The van der Waals surface area contributed by atoms with Gasteiger partial charge in [0.15, 0.2) is 0 Å². The molecule has 1 aliphatic rings. The zero-order valence-corrected chi connectivity index (χ0v) is 17.8. The van der Waals surface area contributed by atoms with Crippen molar-refractivity contribution in [1.82, 2.24) is 10.3 Å². The SMILES string of the molecule is CC(=O)NCCc1ccc2c(n1)N(C(C)=O)CCC2.CCc1ccc(O)c(C)c1. The lowest BCUT2D eigenvalue weighted by molar-refractivity contribution is -0.119. The molecule has 1 aromatic carbocycles. The molecule has 1 aromatic heterocycles. The Morgan fingerprint density at radius 1 is 1.21 bits per heavy atom. The van der Waals surface area contributed by atoms with Crippen LogP contribution in [-0.4, -0.2) is 35.0 Å². The first-order valence-corrected chi connectivity index (χ1v) is 10.1. The van der Waals surface area contributed by atoms with Gasteiger partial charge in [0.05, 0.1) is 0 Å². The second kappa shape index (κ2) is 10.6. The number of anilines is 1. The molecule has 0 saturated carbocycles. The van der Waals surface area contributed by atoms with Crippen LogP contribution < -0.4 is 10.2 Å². The lowest BCUT2D eigenvalue weighted by Crippen LogP contribution is -2.34. The number of phenolic OH excluding ortho intramolecular Hbond substituents is 1. The summed E-state index contributed by atoms with van der Waals surface area (Å²) in [6, 6.07) is 9.72. The van der Waals surface area contributed by atoms with Gasteiger partial charge < -0.3 is 10.4 Å². The van der Waals surface area contributed by atoms with E-state index in [9.17, 15) is 9.59 Å². The van der Waals surface area contributed by atoms with Crippen LogP contribution in [0.15, 0.2) is 30.3 Å². The fourth-order valence-electron chi connectivity index (χ4n) is 3.23. The number of aryl methyl sites for hydroxylation is 3. The molecule has 0 fully saturated rings. The first-order valence-electron chi connectivity index (χ1n) is 10.1. The second-order valence-corrected chi connectivity index (χ2v) is 7.27. The first kappa shape index (κ1) is 22.4. The first-order chi connectivity index (χ1) is 13.8. The second-order valence-electron chi connectivity index (χ2n) is 7.27. The summed E-state index contributed by atoms with van der Waals surface area (Å²) in [5.41, 5.74) is 4.26. The largest absolute Gasteiger partial charge is 0.508 e. The Bertz CT molecular complexity index is 864. The summed E-state index contributed by atoms with van der Waals surface area (Å²) in [5.74, 6) is 1.17. The van der Waals surface area contributed by atoms with Crippen LogP contribution in [0.25, 0.3) is 0 Å². The van der Waals surface area contributed by atoms with Crippen molar-refractivity contribution in [2.75, 3.05) is 18.0 Å². The summed E-state index contributed by atoms with van der Waals surface area (Å²) in [7, 11) is 0. The third-order valence-electron chi connectivity index (χ3n) is 4.90. The maximum atomic E-state index is 11.6. The molecule has 0 spiro atoms. The van der Waals surface area contributed by atoms with Gasteiger partial charge in [0.1, 0.15) is 11.6 Å². The summed E-state index contributed by atoms with van der Waals surface area (Å²) in [6.07, 6.45) is 3.66. The van der Waals surface area contributed by atoms with Crippen LogP contribution >= 0.6 is 0 Å². The fraction of sp³-hybridized carbons (Fsp3) is 0.435. The zero-order valence-electron chi connectivity index (χ0n) is 17.8. The highest BCUT2D eigenvalue weighted by atomic mass is 16.3. The Balaban J connectivity index is 0.000000253. The third-order valence-corrected chi connectivity index (χ3v) is 4.90. The number of benzene rings is 1. The van der Waals surface area contributed by atoms with Gasteiger partial charge in [0.25, 0.3) is 0 Å². The van der Waals surface area contributed by atoms with Gasteiger partial charge in [-0.2, -0.15) is 0 Å². The Hall–Kier alpha value is -2.89.